The van der Waals surface area contributed by atoms with E-state index in [2.05, 4.69) is 53.8 Å². The Morgan fingerprint density at radius 2 is 1.80 bits per heavy atom. The van der Waals surface area contributed by atoms with Crippen molar-refractivity contribution < 1.29 is 9.16 Å². The van der Waals surface area contributed by atoms with Crippen LogP contribution < -0.4 is 0 Å². The highest BCUT2D eigenvalue weighted by molar-refractivity contribution is 6.74. The predicted octanol–water partition coefficient (Wildman–Crippen LogP) is 5.30. The molecule has 3 heteroatoms. The normalized spacial score (nSPS) is 23.9. The van der Waals surface area contributed by atoms with E-state index in [1.54, 1.807) is 0 Å². The third-order valence-corrected chi connectivity index (χ3v) is 9.17. The van der Waals surface area contributed by atoms with Crippen molar-refractivity contribution >= 4 is 8.32 Å². The van der Waals surface area contributed by atoms with Crippen LogP contribution in [0, 0.1) is 0 Å². The first-order valence-corrected chi connectivity index (χ1v) is 11.0. The van der Waals surface area contributed by atoms with Crippen LogP contribution in [0.5, 0.6) is 0 Å². The van der Waals surface area contributed by atoms with Crippen molar-refractivity contribution in [1.82, 2.24) is 0 Å². The molecule has 0 aliphatic carbocycles. The van der Waals surface area contributed by atoms with Crippen LogP contribution >= 0.6 is 0 Å². The quantitative estimate of drug-likeness (QED) is 0.489. The van der Waals surface area contributed by atoms with Gasteiger partial charge in [0.1, 0.15) is 0 Å². The Morgan fingerprint density at radius 3 is 2.35 bits per heavy atom. The average Bonchev–Trinajstić information content (AvgIpc) is 2.72. The van der Waals surface area contributed by atoms with Crippen molar-refractivity contribution in [3.8, 4) is 0 Å². The molecule has 2 nitrogen and oxygen atoms in total. The highest BCUT2D eigenvalue weighted by atomic mass is 28.4. The summed E-state index contributed by atoms with van der Waals surface area (Å²) in [6, 6.07) is 0. The summed E-state index contributed by atoms with van der Waals surface area (Å²) in [6.07, 6.45) is 7.73. The first-order chi connectivity index (χ1) is 9.12. The Bertz CT molecular complexity index is 324. The fourth-order valence-electron chi connectivity index (χ4n) is 2.19. The SMILES string of the molecule is CC(C)=CCCC1CCC(CO[Si](C)(C)C(C)(C)C)O1. The summed E-state index contributed by atoms with van der Waals surface area (Å²) in [4.78, 5) is 0. The van der Waals surface area contributed by atoms with E-state index in [0.717, 1.165) is 25.9 Å². The Kier molecular flexibility index (Phi) is 6.48. The summed E-state index contributed by atoms with van der Waals surface area (Å²) < 4.78 is 12.4. The van der Waals surface area contributed by atoms with Crippen LogP contribution in [0.4, 0.5) is 0 Å². The molecule has 0 radical (unpaired) electrons. The van der Waals surface area contributed by atoms with E-state index in [-0.39, 0.29) is 5.04 Å². The van der Waals surface area contributed by atoms with Gasteiger partial charge in [0.25, 0.3) is 0 Å². The van der Waals surface area contributed by atoms with Crippen LogP contribution in [-0.2, 0) is 9.16 Å². The van der Waals surface area contributed by atoms with Gasteiger partial charge in [-0.2, -0.15) is 0 Å². The minimum Gasteiger partial charge on any atom is -0.414 e. The van der Waals surface area contributed by atoms with Crippen molar-refractivity contribution in [3.05, 3.63) is 11.6 Å². The third kappa shape index (κ3) is 5.70. The largest absolute Gasteiger partial charge is 0.414 e. The summed E-state index contributed by atoms with van der Waals surface area (Å²) >= 11 is 0. The fraction of sp³-hybridized carbons (Fsp3) is 0.882. The molecule has 1 saturated heterocycles. The molecule has 118 valence electrons. The molecule has 1 fully saturated rings. The molecule has 20 heavy (non-hydrogen) atoms. The summed E-state index contributed by atoms with van der Waals surface area (Å²) in [5.41, 5.74) is 1.40. The fourth-order valence-corrected chi connectivity index (χ4v) is 3.23. The molecular formula is C17H34O2Si. The van der Waals surface area contributed by atoms with Crippen molar-refractivity contribution in [2.24, 2.45) is 0 Å². The molecule has 1 heterocycles. The minimum absolute atomic E-state index is 0.286. The van der Waals surface area contributed by atoms with E-state index in [1.807, 2.05) is 0 Å². The Hall–Kier alpha value is -0.123. The zero-order valence-corrected chi connectivity index (χ0v) is 15.6. The summed E-state index contributed by atoms with van der Waals surface area (Å²) in [5, 5.41) is 0.286. The molecule has 0 aromatic heterocycles. The van der Waals surface area contributed by atoms with Gasteiger partial charge in [-0.3, -0.25) is 0 Å². The number of rotatable bonds is 6. The van der Waals surface area contributed by atoms with Crippen LogP contribution in [0.3, 0.4) is 0 Å². The van der Waals surface area contributed by atoms with Crippen molar-refractivity contribution in [3.63, 3.8) is 0 Å². The Balaban J connectivity index is 2.30. The lowest BCUT2D eigenvalue weighted by Crippen LogP contribution is -2.42. The average molecular weight is 299 g/mol. The molecule has 0 aromatic carbocycles. The van der Waals surface area contributed by atoms with Gasteiger partial charge in [0.05, 0.1) is 18.8 Å². The van der Waals surface area contributed by atoms with Gasteiger partial charge in [-0.25, -0.2) is 0 Å². The Labute approximate surface area is 127 Å². The number of ether oxygens (including phenoxy) is 1. The van der Waals surface area contributed by atoms with Gasteiger partial charge in [-0.1, -0.05) is 32.4 Å². The molecule has 0 aromatic rings. The van der Waals surface area contributed by atoms with E-state index in [0.29, 0.717) is 12.2 Å². The van der Waals surface area contributed by atoms with Crippen LogP contribution in [0.2, 0.25) is 18.1 Å². The minimum atomic E-state index is -1.62. The molecule has 0 saturated carbocycles. The zero-order chi connectivity index (χ0) is 15.4. The lowest BCUT2D eigenvalue weighted by Gasteiger charge is -2.36. The summed E-state index contributed by atoms with van der Waals surface area (Å²) in [5.74, 6) is 0. The Morgan fingerprint density at radius 1 is 1.20 bits per heavy atom. The van der Waals surface area contributed by atoms with Gasteiger partial charge in [-0.15, -0.1) is 0 Å². The molecule has 2 atom stereocenters. The molecular weight excluding hydrogens is 264 g/mol. The van der Waals surface area contributed by atoms with Crippen LogP contribution in [-0.4, -0.2) is 27.1 Å². The van der Waals surface area contributed by atoms with Gasteiger partial charge < -0.3 is 9.16 Å². The first-order valence-electron chi connectivity index (χ1n) is 8.04. The second-order valence-electron chi connectivity index (χ2n) is 7.89. The molecule has 2 unspecified atom stereocenters. The monoisotopic (exact) mass is 298 g/mol. The van der Waals surface area contributed by atoms with Gasteiger partial charge in [-0.05, 0) is 57.7 Å². The second kappa shape index (κ2) is 7.23. The summed E-state index contributed by atoms with van der Waals surface area (Å²) in [6.45, 7) is 16.6. The summed E-state index contributed by atoms with van der Waals surface area (Å²) in [7, 11) is -1.62. The first kappa shape index (κ1) is 17.9. The van der Waals surface area contributed by atoms with Gasteiger partial charge in [0.15, 0.2) is 8.32 Å². The maximum atomic E-state index is 6.27. The molecule has 0 N–H and O–H groups in total. The van der Waals surface area contributed by atoms with E-state index in [9.17, 15) is 0 Å². The lowest BCUT2D eigenvalue weighted by molar-refractivity contribution is 0.0119. The maximum Gasteiger partial charge on any atom is 0.192 e. The number of hydrogen-bond acceptors (Lipinski definition) is 2. The molecule has 0 bridgehead atoms. The molecule has 1 aliphatic rings. The standard InChI is InChI=1S/C17H34O2Si/c1-14(2)9-8-10-15-11-12-16(19-15)13-18-20(6,7)17(3,4)5/h9,15-16H,8,10-13H2,1-7H3. The number of hydrogen-bond donors (Lipinski definition) is 0. The van der Waals surface area contributed by atoms with E-state index in [4.69, 9.17) is 9.16 Å². The molecule has 1 aliphatic heterocycles. The smallest absolute Gasteiger partial charge is 0.192 e. The topological polar surface area (TPSA) is 18.5 Å². The highest BCUT2D eigenvalue weighted by Gasteiger charge is 2.38. The van der Waals surface area contributed by atoms with Crippen LogP contribution in [0.25, 0.3) is 0 Å². The van der Waals surface area contributed by atoms with Crippen LogP contribution in [0.1, 0.15) is 60.3 Å². The molecule has 0 amide bonds. The zero-order valence-electron chi connectivity index (χ0n) is 14.6. The van der Waals surface area contributed by atoms with Gasteiger partial charge in [0, 0.05) is 0 Å². The predicted molar refractivity (Wildman–Crippen MR) is 89.7 cm³/mol. The van der Waals surface area contributed by atoms with E-state index in [1.165, 1.54) is 12.0 Å². The van der Waals surface area contributed by atoms with E-state index >= 15 is 0 Å². The van der Waals surface area contributed by atoms with Gasteiger partial charge in [0.2, 0.25) is 0 Å². The molecule has 1 rings (SSSR count). The number of allylic oxidation sites excluding steroid dienone is 2. The van der Waals surface area contributed by atoms with Crippen molar-refractivity contribution in [1.29, 1.82) is 0 Å². The van der Waals surface area contributed by atoms with Crippen molar-refractivity contribution in [2.75, 3.05) is 6.61 Å². The highest BCUT2D eigenvalue weighted by Crippen LogP contribution is 2.37. The second-order valence-corrected chi connectivity index (χ2v) is 12.7. The third-order valence-electron chi connectivity index (χ3n) is 4.67. The van der Waals surface area contributed by atoms with Crippen LogP contribution in [0.15, 0.2) is 11.6 Å². The van der Waals surface area contributed by atoms with Crippen molar-refractivity contribution in [2.45, 2.75) is 90.6 Å². The lowest BCUT2D eigenvalue weighted by atomic mass is 10.1. The van der Waals surface area contributed by atoms with E-state index < -0.39 is 8.32 Å². The van der Waals surface area contributed by atoms with Gasteiger partial charge >= 0.3 is 0 Å². The maximum absolute atomic E-state index is 6.27. The molecule has 0 spiro atoms.